The van der Waals surface area contributed by atoms with Crippen LogP contribution in [-0.2, 0) is 33.4 Å². The molecule has 0 N–H and O–H groups in total. The monoisotopic (exact) mass is 411 g/mol. The zero-order chi connectivity index (χ0) is 20.6. The van der Waals surface area contributed by atoms with Gasteiger partial charge in [-0.3, -0.25) is 0 Å². The van der Waals surface area contributed by atoms with Crippen molar-refractivity contribution in [2.45, 2.75) is 4.75 Å². The van der Waals surface area contributed by atoms with Gasteiger partial charge in [0.1, 0.15) is 5.57 Å². The van der Waals surface area contributed by atoms with Crippen LogP contribution in [0.1, 0.15) is 5.56 Å². The van der Waals surface area contributed by atoms with Crippen molar-refractivity contribution in [1.29, 1.82) is 0 Å². The number of methoxy groups -OCH3 is 5. The lowest BCUT2D eigenvalue weighted by Gasteiger charge is -2.26. The van der Waals surface area contributed by atoms with Crippen molar-refractivity contribution in [3.05, 3.63) is 29.0 Å². The zero-order valence-electron chi connectivity index (χ0n) is 15.7. The quantitative estimate of drug-likeness (QED) is 0.493. The van der Waals surface area contributed by atoms with Crippen molar-refractivity contribution < 1.29 is 42.9 Å². The molecule has 10 nitrogen and oxygen atoms in total. The van der Waals surface area contributed by atoms with Crippen LogP contribution in [0.3, 0.4) is 0 Å². The summed E-state index contributed by atoms with van der Waals surface area (Å²) in [4.78, 5) is 42.9. The minimum absolute atomic E-state index is 0.140. The highest BCUT2D eigenvalue weighted by Crippen LogP contribution is 2.62. The minimum atomic E-state index is -1.75. The molecule has 0 aliphatic carbocycles. The summed E-state index contributed by atoms with van der Waals surface area (Å²) in [7, 11) is 6.51. The molecule has 2 bridgehead atoms. The van der Waals surface area contributed by atoms with Crippen LogP contribution in [0.5, 0.6) is 17.2 Å². The number of nitrogens with zero attached hydrogens (tertiary/aromatic N) is 1. The first-order valence-electron chi connectivity index (χ1n) is 7.83. The maximum atomic E-state index is 12.9. The second kappa shape index (κ2) is 7.15. The predicted molar refractivity (Wildman–Crippen MR) is 94.4 cm³/mol. The van der Waals surface area contributed by atoms with Crippen molar-refractivity contribution in [2.75, 3.05) is 35.5 Å². The highest BCUT2D eigenvalue weighted by Gasteiger charge is 2.67. The first-order chi connectivity index (χ1) is 13.4. The standard InChI is InChI=1S/C17H17NO9S/c1-22-9-7-6-8(12(23-2)13(9)24-3)17-10(14(19)25-4)11(15(20)26-5)18(28-17)27-16(17)21/h6-7H,1-5H3/t17-/m0/s1. The van der Waals surface area contributed by atoms with Gasteiger partial charge in [0.15, 0.2) is 17.2 Å². The van der Waals surface area contributed by atoms with Crippen LogP contribution < -0.4 is 14.2 Å². The van der Waals surface area contributed by atoms with Crippen LogP contribution in [0.2, 0.25) is 0 Å². The largest absolute Gasteiger partial charge is 0.493 e. The Kier molecular flexibility index (Phi) is 5.02. The average molecular weight is 411 g/mol. The van der Waals surface area contributed by atoms with Crippen molar-refractivity contribution in [2.24, 2.45) is 0 Å². The van der Waals surface area contributed by atoms with Crippen LogP contribution in [0.4, 0.5) is 0 Å². The van der Waals surface area contributed by atoms with Crippen LogP contribution in [0, 0.1) is 0 Å². The van der Waals surface area contributed by atoms with Gasteiger partial charge in [-0.2, -0.15) is 0 Å². The molecular formula is C17H17NO9S. The van der Waals surface area contributed by atoms with E-state index in [4.69, 9.17) is 28.5 Å². The Morgan fingerprint density at radius 1 is 0.964 bits per heavy atom. The molecular weight excluding hydrogens is 394 g/mol. The molecule has 3 rings (SSSR count). The van der Waals surface area contributed by atoms with Gasteiger partial charge in [-0.05, 0) is 12.1 Å². The first-order valence-corrected chi connectivity index (χ1v) is 8.61. The van der Waals surface area contributed by atoms with E-state index in [1.165, 1.54) is 27.4 Å². The number of rotatable bonds is 6. The number of benzene rings is 1. The van der Waals surface area contributed by atoms with Crippen LogP contribution in [0.25, 0.3) is 0 Å². The van der Waals surface area contributed by atoms with E-state index in [1.807, 2.05) is 0 Å². The Morgan fingerprint density at radius 3 is 2.14 bits per heavy atom. The number of carbonyl (C=O) groups is 3. The number of fused-ring (bicyclic) bond motifs is 2. The van der Waals surface area contributed by atoms with Crippen LogP contribution in [-0.4, -0.2) is 57.9 Å². The molecule has 2 aliphatic heterocycles. The molecule has 0 unspecified atom stereocenters. The van der Waals surface area contributed by atoms with E-state index in [0.717, 1.165) is 30.6 Å². The number of carbonyl (C=O) groups excluding carboxylic acids is 3. The van der Waals surface area contributed by atoms with Gasteiger partial charge in [0, 0.05) is 17.5 Å². The van der Waals surface area contributed by atoms with Gasteiger partial charge < -0.3 is 28.5 Å². The summed E-state index contributed by atoms with van der Waals surface area (Å²) in [5, 5.41) is 0. The zero-order valence-corrected chi connectivity index (χ0v) is 16.5. The molecule has 2 heterocycles. The van der Waals surface area contributed by atoms with Gasteiger partial charge in [0.2, 0.25) is 10.5 Å². The fraction of sp³-hybridized carbons (Fsp3) is 0.353. The maximum absolute atomic E-state index is 12.9. The summed E-state index contributed by atoms with van der Waals surface area (Å²) in [5.41, 5.74) is -0.242. The summed E-state index contributed by atoms with van der Waals surface area (Å²) in [6.07, 6.45) is 0. The smallest absolute Gasteiger partial charge is 0.360 e. The number of hydrogen-bond acceptors (Lipinski definition) is 11. The molecule has 0 saturated carbocycles. The molecule has 1 saturated heterocycles. The molecule has 11 heteroatoms. The SMILES string of the molecule is COC(=O)C1=C(C(=O)OC)[C@]2(c3ccc(OC)c(OC)c3OC)SN1OC2=O. The number of ether oxygens (including phenoxy) is 5. The summed E-state index contributed by atoms with van der Waals surface area (Å²) in [6.45, 7) is 0. The number of hydroxylamine groups is 1. The molecule has 0 amide bonds. The summed E-state index contributed by atoms with van der Waals surface area (Å²) < 4.78 is 24.8. The van der Waals surface area contributed by atoms with Gasteiger partial charge >= 0.3 is 17.9 Å². The topological polar surface area (TPSA) is 110 Å². The predicted octanol–water partition coefficient (Wildman–Crippen LogP) is 0.943. The molecule has 1 aromatic rings. The highest BCUT2D eigenvalue weighted by atomic mass is 32.2. The van der Waals surface area contributed by atoms with Crippen LogP contribution >= 0.6 is 11.9 Å². The second-order valence-corrected chi connectivity index (χ2v) is 6.62. The Bertz CT molecular complexity index is 897. The Balaban J connectivity index is 2.36. The lowest BCUT2D eigenvalue weighted by molar-refractivity contribution is -0.167. The van der Waals surface area contributed by atoms with E-state index in [-0.39, 0.29) is 28.3 Å². The summed E-state index contributed by atoms with van der Waals surface area (Å²) >= 11 is 0.815. The number of hydrogen-bond donors (Lipinski definition) is 0. The van der Waals surface area contributed by atoms with Gasteiger partial charge in [-0.1, -0.05) is 0 Å². The summed E-state index contributed by atoms with van der Waals surface area (Å²) in [5.74, 6) is -1.84. The van der Waals surface area contributed by atoms with Gasteiger partial charge in [0.25, 0.3) is 0 Å². The Labute approximate surface area is 164 Å². The second-order valence-electron chi connectivity index (χ2n) is 5.50. The third-order valence-electron chi connectivity index (χ3n) is 4.30. The fourth-order valence-electron chi connectivity index (χ4n) is 3.10. The molecule has 0 spiro atoms. The van der Waals surface area contributed by atoms with E-state index < -0.39 is 22.7 Å². The summed E-state index contributed by atoms with van der Waals surface area (Å²) in [6, 6.07) is 3.08. The first kappa shape index (κ1) is 19.7. The molecule has 1 fully saturated rings. The van der Waals surface area contributed by atoms with E-state index >= 15 is 0 Å². The normalized spacial score (nSPS) is 20.0. The van der Waals surface area contributed by atoms with Crippen molar-refractivity contribution in [3.8, 4) is 17.2 Å². The molecule has 1 aromatic carbocycles. The van der Waals surface area contributed by atoms with Gasteiger partial charge in [-0.25, -0.2) is 14.4 Å². The molecule has 1 atom stereocenters. The molecule has 150 valence electrons. The molecule has 2 aliphatic rings. The Morgan fingerprint density at radius 2 is 1.61 bits per heavy atom. The average Bonchev–Trinajstić information content (AvgIpc) is 3.23. The lowest BCUT2D eigenvalue weighted by Crippen LogP contribution is -2.39. The third kappa shape index (κ3) is 2.46. The highest BCUT2D eigenvalue weighted by molar-refractivity contribution is 7.99. The maximum Gasteiger partial charge on any atom is 0.360 e. The number of esters is 2. The van der Waals surface area contributed by atoms with E-state index in [0.29, 0.717) is 5.75 Å². The van der Waals surface area contributed by atoms with Gasteiger partial charge in [-0.15, -0.1) is 4.47 Å². The molecule has 0 radical (unpaired) electrons. The van der Waals surface area contributed by atoms with Crippen molar-refractivity contribution in [3.63, 3.8) is 0 Å². The van der Waals surface area contributed by atoms with Gasteiger partial charge in [0.05, 0.1) is 35.5 Å². The van der Waals surface area contributed by atoms with Crippen LogP contribution in [0.15, 0.2) is 23.4 Å². The lowest BCUT2D eigenvalue weighted by atomic mass is 9.86. The minimum Gasteiger partial charge on any atom is -0.493 e. The molecule has 28 heavy (non-hydrogen) atoms. The third-order valence-corrected chi connectivity index (χ3v) is 5.58. The van der Waals surface area contributed by atoms with E-state index in [9.17, 15) is 14.4 Å². The van der Waals surface area contributed by atoms with E-state index in [2.05, 4.69) is 0 Å². The van der Waals surface area contributed by atoms with E-state index in [1.54, 1.807) is 6.07 Å². The molecule has 0 aromatic heterocycles. The van der Waals surface area contributed by atoms with Crippen molar-refractivity contribution in [1.82, 2.24) is 4.47 Å². The van der Waals surface area contributed by atoms with Crippen molar-refractivity contribution >= 4 is 29.9 Å². The fourth-order valence-corrected chi connectivity index (χ4v) is 4.36. The Hall–Kier alpha value is -3.08.